The van der Waals surface area contributed by atoms with E-state index in [0.717, 1.165) is 31.4 Å². The van der Waals surface area contributed by atoms with Gasteiger partial charge in [-0.2, -0.15) is 4.74 Å². The molecule has 2 aromatic rings. The van der Waals surface area contributed by atoms with E-state index < -0.39 is 0 Å². The van der Waals surface area contributed by atoms with Crippen molar-refractivity contribution in [2.75, 3.05) is 6.54 Å². The lowest BCUT2D eigenvalue weighted by Crippen LogP contribution is -2.41. The molecule has 0 radical (unpaired) electrons. The Morgan fingerprint density at radius 2 is 2.30 bits per heavy atom. The summed E-state index contributed by atoms with van der Waals surface area (Å²) in [5, 5.41) is 3.42. The molecule has 1 fully saturated rings. The third kappa shape index (κ3) is 2.82. The number of rotatable bonds is 3. The molecular formula is C15H17FN2O2. The Balaban J connectivity index is 1.69. The van der Waals surface area contributed by atoms with E-state index in [1.54, 1.807) is 12.1 Å². The van der Waals surface area contributed by atoms with Crippen LogP contribution in [-0.2, 0) is 6.42 Å². The van der Waals surface area contributed by atoms with E-state index in [4.69, 9.17) is 4.52 Å². The van der Waals surface area contributed by atoms with Crippen molar-refractivity contribution in [3.8, 4) is 0 Å². The van der Waals surface area contributed by atoms with E-state index in [2.05, 4.69) is 5.32 Å². The van der Waals surface area contributed by atoms with Crippen LogP contribution in [0.2, 0.25) is 0 Å². The molecule has 0 unspecified atom stereocenters. The van der Waals surface area contributed by atoms with Gasteiger partial charge in [0.05, 0.1) is 6.04 Å². The zero-order chi connectivity index (χ0) is 13.9. The summed E-state index contributed by atoms with van der Waals surface area (Å²) in [7, 11) is 0. The maximum atomic E-state index is 13.2. The van der Waals surface area contributed by atoms with Gasteiger partial charge in [-0.25, -0.2) is 4.39 Å². The molecule has 3 rings (SSSR count). The van der Waals surface area contributed by atoms with Crippen LogP contribution in [0.15, 0.2) is 45.9 Å². The van der Waals surface area contributed by atoms with E-state index in [1.807, 2.05) is 6.07 Å². The second kappa shape index (κ2) is 5.63. The van der Waals surface area contributed by atoms with E-state index >= 15 is 0 Å². The van der Waals surface area contributed by atoms with Crippen molar-refractivity contribution in [1.29, 1.82) is 0 Å². The highest BCUT2D eigenvalue weighted by molar-refractivity contribution is 5.17. The average molecular weight is 276 g/mol. The Bertz CT molecular complexity index is 635. The van der Waals surface area contributed by atoms with Crippen LogP contribution in [-0.4, -0.2) is 17.3 Å². The SMILES string of the molecule is O=c1ccon1[C@H]1CCN[C@@H](Cc2cccc(F)c2)C1. The van der Waals surface area contributed by atoms with Crippen LogP contribution in [0.1, 0.15) is 24.4 Å². The van der Waals surface area contributed by atoms with E-state index in [9.17, 15) is 9.18 Å². The molecule has 1 aliphatic rings. The van der Waals surface area contributed by atoms with Crippen LogP contribution < -0.4 is 10.9 Å². The van der Waals surface area contributed by atoms with Gasteiger partial charge in [-0.3, -0.25) is 4.79 Å². The number of benzene rings is 1. The number of piperidine rings is 1. The first kappa shape index (κ1) is 13.1. The molecule has 2 heterocycles. The molecule has 0 saturated carbocycles. The summed E-state index contributed by atoms with van der Waals surface area (Å²) in [5.74, 6) is -0.211. The van der Waals surface area contributed by atoms with Crippen molar-refractivity contribution in [2.45, 2.75) is 31.3 Å². The third-order valence-corrected chi connectivity index (χ3v) is 3.77. The summed E-state index contributed by atoms with van der Waals surface area (Å²) in [5.41, 5.74) is 0.872. The van der Waals surface area contributed by atoms with Gasteiger partial charge in [0.15, 0.2) is 0 Å². The molecule has 1 aliphatic heterocycles. The summed E-state index contributed by atoms with van der Waals surface area (Å²) in [4.78, 5) is 11.6. The van der Waals surface area contributed by atoms with E-state index in [-0.39, 0.29) is 23.5 Å². The molecule has 5 heteroatoms. The van der Waals surface area contributed by atoms with Crippen LogP contribution in [0.5, 0.6) is 0 Å². The first-order valence-electron chi connectivity index (χ1n) is 6.87. The van der Waals surface area contributed by atoms with Crippen LogP contribution in [0, 0.1) is 5.82 Å². The number of hydrogen-bond donors (Lipinski definition) is 1. The summed E-state index contributed by atoms with van der Waals surface area (Å²) in [6.45, 7) is 0.831. The quantitative estimate of drug-likeness (QED) is 0.934. The number of aromatic nitrogens is 1. The van der Waals surface area contributed by atoms with Crippen molar-refractivity contribution >= 4 is 0 Å². The topological polar surface area (TPSA) is 47.2 Å². The first-order chi connectivity index (χ1) is 9.72. The predicted octanol–water partition coefficient (Wildman–Crippen LogP) is 2.12. The monoisotopic (exact) mass is 276 g/mol. The molecular weight excluding hydrogens is 259 g/mol. The van der Waals surface area contributed by atoms with Gasteiger partial charge in [-0.15, -0.1) is 0 Å². The van der Waals surface area contributed by atoms with E-state index in [0.29, 0.717) is 0 Å². The van der Waals surface area contributed by atoms with Crippen molar-refractivity contribution in [3.63, 3.8) is 0 Å². The fourth-order valence-electron chi connectivity index (χ4n) is 2.85. The molecule has 106 valence electrons. The number of halogens is 1. The maximum absolute atomic E-state index is 13.2. The van der Waals surface area contributed by atoms with Crippen molar-refractivity contribution in [1.82, 2.24) is 10.1 Å². The van der Waals surface area contributed by atoms with Crippen LogP contribution in [0.3, 0.4) is 0 Å². The fourth-order valence-corrected chi connectivity index (χ4v) is 2.85. The maximum Gasteiger partial charge on any atom is 0.282 e. The standard InChI is InChI=1S/C15H17FN2O2/c16-12-3-1-2-11(8-12)9-13-10-14(4-6-17-13)18-15(19)5-7-20-18/h1-3,5,7-8,13-14,17H,4,6,9-10H2/t13-,14-/m0/s1. The van der Waals surface area contributed by atoms with Gasteiger partial charge in [0.2, 0.25) is 0 Å². The lowest BCUT2D eigenvalue weighted by atomic mass is 9.94. The molecule has 1 N–H and O–H groups in total. The zero-order valence-electron chi connectivity index (χ0n) is 11.1. The molecule has 4 nitrogen and oxygen atoms in total. The summed E-state index contributed by atoms with van der Waals surface area (Å²) >= 11 is 0. The first-order valence-corrected chi connectivity index (χ1v) is 6.87. The van der Waals surface area contributed by atoms with Crippen molar-refractivity contribution in [2.24, 2.45) is 0 Å². The van der Waals surface area contributed by atoms with Gasteiger partial charge in [-0.05, 0) is 43.5 Å². The second-order valence-corrected chi connectivity index (χ2v) is 5.24. The van der Waals surface area contributed by atoms with Crippen molar-refractivity contribution in [3.05, 3.63) is 58.3 Å². The molecule has 0 spiro atoms. The normalized spacial score (nSPS) is 22.9. The molecule has 0 aliphatic carbocycles. The summed E-state index contributed by atoms with van der Waals surface area (Å²) in [6.07, 6.45) is 3.85. The molecule has 20 heavy (non-hydrogen) atoms. The Morgan fingerprint density at radius 1 is 1.40 bits per heavy atom. The fraction of sp³-hybridized carbons (Fsp3) is 0.400. The predicted molar refractivity (Wildman–Crippen MR) is 73.1 cm³/mol. The largest absolute Gasteiger partial charge is 0.384 e. The minimum Gasteiger partial charge on any atom is -0.384 e. The van der Waals surface area contributed by atoms with Gasteiger partial charge in [-0.1, -0.05) is 12.1 Å². The Kier molecular flexibility index (Phi) is 3.69. The summed E-state index contributed by atoms with van der Waals surface area (Å²) in [6, 6.07) is 8.40. The van der Waals surface area contributed by atoms with Gasteiger partial charge < -0.3 is 9.84 Å². The van der Waals surface area contributed by atoms with Gasteiger partial charge in [0, 0.05) is 12.1 Å². The van der Waals surface area contributed by atoms with E-state index in [1.165, 1.54) is 23.1 Å². The highest BCUT2D eigenvalue weighted by atomic mass is 19.1. The van der Waals surface area contributed by atoms with Crippen LogP contribution >= 0.6 is 0 Å². The number of hydrogen-bond acceptors (Lipinski definition) is 3. The molecule has 2 atom stereocenters. The minimum atomic E-state index is -0.211. The van der Waals surface area contributed by atoms with Crippen molar-refractivity contribution < 1.29 is 8.91 Å². The van der Waals surface area contributed by atoms with Gasteiger partial charge in [0.25, 0.3) is 5.56 Å². The zero-order valence-corrected chi connectivity index (χ0v) is 11.1. The Labute approximate surface area is 116 Å². The highest BCUT2D eigenvalue weighted by Crippen LogP contribution is 2.22. The summed E-state index contributed by atoms with van der Waals surface area (Å²) < 4.78 is 19.9. The highest BCUT2D eigenvalue weighted by Gasteiger charge is 2.25. The molecule has 0 amide bonds. The molecule has 1 aromatic heterocycles. The smallest absolute Gasteiger partial charge is 0.282 e. The molecule has 0 bridgehead atoms. The van der Waals surface area contributed by atoms with Crippen LogP contribution in [0.4, 0.5) is 4.39 Å². The Hall–Kier alpha value is -1.88. The number of nitrogens with one attached hydrogen (secondary N) is 1. The second-order valence-electron chi connectivity index (χ2n) is 5.24. The Morgan fingerprint density at radius 3 is 3.05 bits per heavy atom. The molecule has 1 aromatic carbocycles. The lowest BCUT2D eigenvalue weighted by molar-refractivity contribution is 0.161. The minimum absolute atomic E-state index is 0.0808. The number of nitrogens with zero attached hydrogens (tertiary/aromatic N) is 1. The lowest BCUT2D eigenvalue weighted by Gasteiger charge is -2.29. The molecule has 1 saturated heterocycles. The van der Waals surface area contributed by atoms with Crippen LogP contribution in [0.25, 0.3) is 0 Å². The average Bonchev–Trinajstić information content (AvgIpc) is 2.85. The third-order valence-electron chi connectivity index (χ3n) is 3.77. The van der Waals surface area contributed by atoms with Gasteiger partial charge in [0.1, 0.15) is 12.1 Å². The van der Waals surface area contributed by atoms with Gasteiger partial charge >= 0.3 is 0 Å².